The van der Waals surface area contributed by atoms with Gasteiger partial charge in [0.25, 0.3) is 0 Å². The largest absolute Gasteiger partial charge is 0.106 e. The fraction of sp³-hybridized carbons (Fsp3) is 0. The molecule has 0 saturated carbocycles. The van der Waals surface area contributed by atoms with Crippen LogP contribution < -0.4 is 15.9 Å². The molecule has 0 spiro atoms. The second kappa shape index (κ2) is 7.06. The molecule has 0 radical (unpaired) electrons. The Hall–Kier alpha value is -0.320. The fourth-order valence-electron chi connectivity index (χ4n) is 2.39. The molecule has 0 aliphatic rings. The first-order valence-corrected chi connectivity index (χ1v) is 9.66. The van der Waals surface area contributed by atoms with E-state index >= 15 is 0 Å². The zero-order chi connectivity index (χ0) is 15.7. The molecule has 0 aliphatic carbocycles. The number of halogens is 1. The Kier molecular flexibility index (Phi) is 5.31. The summed E-state index contributed by atoms with van der Waals surface area (Å²) >= 11 is 2.37. The molecular weight excluding hydrogens is 436 g/mol. The molecule has 0 aromatic heterocycles. The molecule has 0 saturated heterocycles. The molecule has 0 N–H and O–H groups in total. The van der Waals surface area contributed by atoms with Gasteiger partial charge in [0.15, 0.2) is 0 Å². The lowest BCUT2D eigenvalue weighted by Gasteiger charge is -2.09. The van der Waals surface area contributed by atoms with Gasteiger partial charge in [-0.15, -0.1) is 27.7 Å². The minimum Gasteiger partial charge on any atom is -0.106 e. The van der Waals surface area contributed by atoms with Gasteiger partial charge >= 0.3 is 0 Å². The average Bonchev–Trinajstić information content (AvgIpc) is 2.50. The lowest BCUT2D eigenvalue weighted by atomic mass is 10.0. The summed E-state index contributed by atoms with van der Waals surface area (Å²) in [5.41, 5.74) is 5.02. The Balaban J connectivity index is 1.97. The van der Waals surface area contributed by atoms with Crippen LogP contribution in [-0.4, -0.2) is 0 Å². The van der Waals surface area contributed by atoms with Crippen LogP contribution in [0.1, 0.15) is 0 Å². The third kappa shape index (κ3) is 3.60. The highest BCUT2D eigenvalue weighted by Crippen LogP contribution is 2.25. The molecule has 22 heavy (non-hydrogen) atoms. The molecular formula is C18H16IP3. The molecule has 0 heterocycles. The highest BCUT2D eigenvalue weighted by atomic mass is 127. The van der Waals surface area contributed by atoms with Crippen molar-refractivity contribution in [2.24, 2.45) is 0 Å². The van der Waals surface area contributed by atoms with Gasteiger partial charge in [0, 0.05) is 3.57 Å². The van der Waals surface area contributed by atoms with Gasteiger partial charge in [0.1, 0.15) is 0 Å². The standard InChI is InChI=1S/C18H16IP3/c19-16-9-13(5-8-17(16)21)11-1-3-12(4-2-11)15-7-6-14(20)10-18(15)22/h1-10H,20-22H2. The van der Waals surface area contributed by atoms with Crippen LogP contribution in [0, 0.1) is 3.57 Å². The van der Waals surface area contributed by atoms with Crippen molar-refractivity contribution in [2.45, 2.75) is 0 Å². The Morgan fingerprint density at radius 2 is 1.23 bits per heavy atom. The summed E-state index contributed by atoms with van der Waals surface area (Å²) in [6.07, 6.45) is 0. The highest BCUT2D eigenvalue weighted by Gasteiger charge is 2.04. The van der Waals surface area contributed by atoms with Crippen LogP contribution in [0.15, 0.2) is 60.7 Å². The van der Waals surface area contributed by atoms with Crippen molar-refractivity contribution < 1.29 is 0 Å². The highest BCUT2D eigenvalue weighted by molar-refractivity contribution is 14.1. The average molecular weight is 452 g/mol. The third-order valence-corrected chi connectivity index (χ3v) is 6.47. The first kappa shape index (κ1) is 16.5. The van der Waals surface area contributed by atoms with Crippen LogP contribution in [-0.2, 0) is 0 Å². The molecule has 3 aromatic rings. The molecule has 3 atom stereocenters. The van der Waals surface area contributed by atoms with E-state index in [-0.39, 0.29) is 0 Å². The van der Waals surface area contributed by atoms with E-state index in [9.17, 15) is 0 Å². The zero-order valence-electron chi connectivity index (χ0n) is 11.9. The Bertz CT molecular complexity index is 826. The SMILES string of the molecule is Pc1ccc(-c2ccc(-c3ccc(P)c(I)c3)cc2)c(P)c1. The van der Waals surface area contributed by atoms with E-state index in [4.69, 9.17) is 0 Å². The van der Waals surface area contributed by atoms with Crippen LogP contribution >= 0.6 is 50.3 Å². The van der Waals surface area contributed by atoms with Gasteiger partial charge in [0.05, 0.1) is 0 Å². The monoisotopic (exact) mass is 452 g/mol. The van der Waals surface area contributed by atoms with E-state index in [1.807, 2.05) is 0 Å². The van der Waals surface area contributed by atoms with Gasteiger partial charge in [-0.2, -0.15) is 0 Å². The molecule has 110 valence electrons. The van der Waals surface area contributed by atoms with Gasteiger partial charge < -0.3 is 0 Å². The maximum atomic E-state index is 2.82. The van der Waals surface area contributed by atoms with Crippen LogP contribution in [0.2, 0.25) is 0 Å². The normalized spacial score (nSPS) is 10.7. The molecule has 0 bridgehead atoms. The maximum Gasteiger partial charge on any atom is 0.0208 e. The summed E-state index contributed by atoms with van der Waals surface area (Å²) in [6, 6.07) is 21.8. The second-order valence-corrected chi connectivity index (χ2v) is 8.23. The van der Waals surface area contributed by atoms with E-state index < -0.39 is 0 Å². The lowest BCUT2D eigenvalue weighted by molar-refractivity contribution is 1.60. The van der Waals surface area contributed by atoms with Gasteiger partial charge in [0.2, 0.25) is 0 Å². The Labute approximate surface area is 152 Å². The predicted molar refractivity (Wildman–Crippen MR) is 118 cm³/mol. The molecule has 3 aromatic carbocycles. The zero-order valence-corrected chi connectivity index (χ0v) is 17.5. The molecule has 0 amide bonds. The lowest BCUT2D eigenvalue weighted by Crippen LogP contribution is -2.03. The fourth-order valence-corrected chi connectivity index (χ4v) is 4.01. The topological polar surface area (TPSA) is 0 Å². The first-order chi connectivity index (χ1) is 10.5. The van der Waals surface area contributed by atoms with Crippen LogP contribution in [0.3, 0.4) is 0 Å². The number of rotatable bonds is 2. The number of hydrogen-bond donors (Lipinski definition) is 0. The summed E-state index contributed by atoms with van der Waals surface area (Å²) in [4.78, 5) is 0. The van der Waals surface area contributed by atoms with Crippen molar-refractivity contribution in [1.29, 1.82) is 0 Å². The molecule has 0 nitrogen and oxygen atoms in total. The first-order valence-electron chi connectivity index (χ1n) is 6.85. The van der Waals surface area contributed by atoms with Crippen LogP contribution in [0.5, 0.6) is 0 Å². The van der Waals surface area contributed by atoms with Gasteiger partial charge in [-0.25, -0.2) is 0 Å². The van der Waals surface area contributed by atoms with E-state index in [1.165, 1.54) is 41.7 Å². The van der Waals surface area contributed by atoms with Crippen molar-refractivity contribution in [2.75, 3.05) is 0 Å². The third-order valence-electron chi connectivity index (χ3n) is 3.61. The minimum atomic E-state index is 1.21. The quantitative estimate of drug-likeness (QED) is 0.406. The van der Waals surface area contributed by atoms with E-state index in [0.29, 0.717) is 0 Å². The van der Waals surface area contributed by atoms with Crippen molar-refractivity contribution in [3.8, 4) is 22.3 Å². The summed E-state index contributed by atoms with van der Waals surface area (Å²) in [7, 11) is 8.33. The van der Waals surface area contributed by atoms with E-state index in [1.54, 1.807) is 0 Å². The number of hydrogen-bond acceptors (Lipinski definition) is 0. The van der Waals surface area contributed by atoms with E-state index in [0.717, 1.165) is 0 Å². The van der Waals surface area contributed by atoms with Crippen molar-refractivity contribution in [3.05, 3.63) is 64.2 Å². The molecule has 0 fully saturated rings. The summed E-state index contributed by atoms with van der Waals surface area (Å²) in [5.74, 6) is 0. The Morgan fingerprint density at radius 3 is 1.86 bits per heavy atom. The number of benzene rings is 3. The maximum absolute atomic E-state index is 2.82. The Morgan fingerprint density at radius 1 is 0.591 bits per heavy atom. The summed E-state index contributed by atoms with van der Waals surface area (Å²) < 4.78 is 1.27. The van der Waals surface area contributed by atoms with Gasteiger partial charge in [-0.3, -0.25) is 0 Å². The summed E-state index contributed by atoms with van der Waals surface area (Å²) in [5, 5.41) is 3.67. The van der Waals surface area contributed by atoms with E-state index in [2.05, 4.69) is 111 Å². The molecule has 3 unspecified atom stereocenters. The predicted octanol–water partition coefficient (Wildman–Crippen LogP) is 4.13. The second-order valence-electron chi connectivity index (χ2n) is 5.16. The van der Waals surface area contributed by atoms with Crippen molar-refractivity contribution in [3.63, 3.8) is 0 Å². The smallest absolute Gasteiger partial charge is 0.0208 e. The molecule has 3 rings (SSSR count). The van der Waals surface area contributed by atoms with Gasteiger partial charge in [-0.1, -0.05) is 48.5 Å². The molecule has 4 heteroatoms. The van der Waals surface area contributed by atoms with Crippen molar-refractivity contribution >= 4 is 66.2 Å². The van der Waals surface area contributed by atoms with Crippen molar-refractivity contribution in [1.82, 2.24) is 0 Å². The summed E-state index contributed by atoms with van der Waals surface area (Å²) in [6.45, 7) is 0. The van der Waals surface area contributed by atoms with Crippen LogP contribution in [0.4, 0.5) is 0 Å². The molecule has 0 aliphatic heterocycles. The minimum absolute atomic E-state index is 1.21. The van der Waals surface area contributed by atoms with Gasteiger partial charge in [-0.05, 0) is 72.9 Å². The van der Waals surface area contributed by atoms with Crippen LogP contribution in [0.25, 0.3) is 22.3 Å².